The molecule has 8 rings (SSSR count). The van der Waals surface area contributed by atoms with E-state index in [0.29, 0.717) is 17.8 Å². The van der Waals surface area contributed by atoms with Gasteiger partial charge in [-0.05, 0) is 130 Å². The zero-order valence-corrected chi connectivity index (χ0v) is 20.2. The van der Waals surface area contributed by atoms with Crippen molar-refractivity contribution < 1.29 is 9.84 Å². The maximum atomic E-state index is 12.2. The Morgan fingerprint density at radius 3 is 2.06 bits per heavy atom. The molecule has 33 heavy (non-hydrogen) atoms. The van der Waals surface area contributed by atoms with Gasteiger partial charge in [0, 0.05) is 5.92 Å². The van der Waals surface area contributed by atoms with Crippen molar-refractivity contribution in [3.05, 3.63) is 64.7 Å². The molecule has 0 radical (unpaired) electrons. The maximum absolute atomic E-state index is 12.2. The van der Waals surface area contributed by atoms with E-state index in [1.165, 1.54) is 68.1 Å². The highest BCUT2D eigenvalue weighted by Gasteiger charge is 2.58. The van der Waals surface area contributed by atoms with Crippen LogP contribution in [0.1, 0.15) is 80.0 Å². The quantitative estimate of drug-likeness (QED) is 0.550. The van der Waals surface area contributed by atoms with Gasteiger partial charge < -0.3 is 9.84 Å². The summed E-state index contributed by atoms with van der Waals surface area (Å²) in [4.78, 5) is 0. The van der Waals surface area contributed by atoms with Gasteiger partial charge in [0.2, 0.25) is 0 Å². The Kier molecular flexibility index (Phi) is 4.43. The zero-order chi connectivity index (χ0) is 22.4. The Balaban J connectivity index is 1.28. The number of ether oxygens (including phenoxy) is 1. The molecule has 2 aromatic rings. The second kappa shape index (κ2) is 7.11. The first-order chi connectivity index (χ1) is 15.9. The normalized spacial score (nSPS) is 42.8. The first kappa shape index (κ1) is 20.6. The minimum atomic E-state index is -0.664. The summed E-state index contributed by atoms with van der Waals surface area (Å²) in [7, 11) is 0. The molecule has 0 amide bonds. The molecule has 0 aliphatic heterocycles. The van der Waals surface area contributed by atoms with Crippen LogP contribution in [0.3, 0.4) is 0 Å². The Bertz CT molecular complexity index is 1060. The number of rotatable bonds is 4. The average Bonchev–Trinajstić information content (AvgIpc) is 3.38. The van der Waals surface area contributed by atoms with Crippen molar-refractivity contribution >= 4 is 0 Å². The van der Waals surface area contributed by atoms with Gasteiger partial charge in [-0.25, -0.2) is 0 Å². The summed E-state index contributed by atoms with van der Waals surface area (Å²) >= 11 is 0. The van der Waals surface area contributed by atoms with Crippen LogP contribution in [0.2, 0.25) is 0 Å². The highest BCUT2D eigenvalue weighted by Crippen LogP contribution is 2.62. The van der Waals surface area contributed by atoms with Gasteiger partial charge in [-0.2, -0.15) is 0 Å². The molecule has 2 aromatic carbocycles. The number of hydrogen-bond donors (Lipinski definition) is 1. The van der Waals surface area contributed by atoms with Crippen LogP contribution in [-0.4, -0.2) is 5.11 Å². The molecule has 0 heterocycles. The minimum absolute atomic E-state index is 0.216. The molecule has 6 aliphatic rings. The molecular weight excluding hydrogens is 404 g/mol. The molecule has 6 fully saturated rings. The lowest BCUT2D eigenvalue weighted by Crippen LogP contribution is -2.55. The molecule has 6 aliphatic carbocycles. The molecule has 0 aromatic heterocycles. The van der Waals surface area contributed by atoms with Crippen molar-refractivity contribution in [3.63, 3.8) is 0 Å². The van der Waals surface area contributed by atoms with Gasteiger partial charge in [0.1, 0.15) is 11.4 Å². The standard InChI is InChI=1S/C31H38O2/c1-19-4-3-5-24(8-19)30(18-21-6-7-25(30)12-21)33-29-10-20(2)9-26(17-29)31(32)27-13-22-11-23(15-27)16-28(31)14-22/h3-5,8-10,17,21-23,25,27-28,32H,6-7,11-16,18H2,1-2H3. The molecule has 2 heteroatoms. The van der Waals surface area contributed by atoms with Crippen LogP contribution in [0.15, 0.2) is 42.5 Å². The average molecular weight is 443 g/mol. The fourth-order valence-electron chi connectivity index (χ4n) is 9.35. The third-order valence-corrected chi connectivity index (χ3v) is 10.5. The van der Waals surface area contributed by atoms with Crippen LogP contribution in [0.4, 0.5) is 0 Å². The number of aliphatic hydroxyl groups is 1. The van der Waals surface area contributed by atoms with Crippen molar-refractivity contribution in [1.29, 1.82) is 0 Å². The van der Waals surface area contributed by atoms with Crippen molar-refractivity contribution in [1.82, 2.24) is 0 Å². The Morgan fingerprint density at radius 2 is 1.42 bits per heavy atom. The van der Waals surface area contributed by atoms with Crippen LogP contribution in [-0.2, 0) is 11.2 Å². The zero-order valence-electron chi connectivity index (χ0n) is 20.2. The van der Waals surface area contributed by atoms with E-state index in [1.54, 1.807) is 0 Å². The summed E-state index contributed by atoms with van der Waals surface area (Å²) in [6.45, 7) is 4.37. The number of benzene rings is 2. The van der Waals surface area contributed by atoms with Crippen molar-refractivity contribution in [2.75, 3.05) is 0 Å². The van der Waals surface area contributed by atoms with E-state index in [-0.39, 0.29) is 5.60 Å². The highest BCUT2D eigenvalue weighted by molar-refractivity contribution is 5.41. The van der Waals surface area contributed by atoms with Crippen molar-refractivity contribution in [2.45, 2.75) is 82.8 Å². The van der Waals surface area contributed by atoms with Crippen LogP contribution in [0, 0.1) is 49.4 Å². The highest BCUT2D eigenvalue weighted by atomic mass is 16.5. The largest absolute Gasteiger partial charge is 0.482 e. The third kappa shape index (κ3) is 3.02. The fraction of sp³-hybridized carbons (Fsp3) is 0.613. The molecule has 1 N–H and O–H groups in total. The Morgan fingerprint density at radius 1 is 0.727 bits per heavy atom. The molecule has 2 nitrogen and oxygen atoms in total. The lowest BCUT2D eigenvalue weighted by molar-refractivity contribution is -0.179. The Labute approximate surface area is 198 Å². The molecule has 3 unspecified atom stereocenters. The predicted molar refractivity (Wildman–Crippen MR) is 131 cm³/mol. The predicted octanol–water partition coefficient (Wildman–Crippen LogP) is 7.04. The van der Waals surface area contributed by atoms with Gasteiger partial charge in [-0.15, -0.1) is 0 Å². The van der Waals surface area contributed by atoms with E-state index in [4.69, 9.17) is 4.74 Å². The summed E-state index contributed by atoms with van der Waals surface area (Å²) in [5.74, 6) is 4.92. The lowest BCUT2D eigenvalue weighted by atomic mass is 9.48. The van der Waals surface area contributed by atoms with Gasteiger partial charge in [0.15, 0.2) is 0 Å². The van der Waals surface area contributed by atoms with E-state index in [2.05, 4.69) is 56.3 Å². The number of fused-ring (bicyclic) bond motifs is 2. The first-order valence-electron chi connectivity index (χ1n) is 13.5. The minimum Gasteiger partial charge on any atom is -0.482 e. The van der Waals surface area contributed by atoms with Gasteiger partial charge in [0.05, 0.1) is 5.60 Å². The number of aryl methyl sites for hydroxylation is 2. The van der Waals surface area contributed by atoms with Crippen LogP contribution in [0.5, 0.6) is 5.75 Å². The summed E-state index contributed by atoms with van der Waals surface area (Å²) in [5, 5.41) is 12.2. The SMILES string of the molecule is Cc1cccc(C2(Oc3cc(C)cc(C4(O)C5CC6CC(C5)CC4C6)c3)CC3CCC2C3)c1. The number of hydrogen-bond acceptors (Lipinski definition) is 2. The molecule has 0 saturated heterocycles. The van der Waals surface area contributed by atoms with Gasteiger partial charge in [-0.3, -0.25) is 0 Å². The van der Waals surface area contributed by atoms with E-state index in [9.17, 15) is 5.11 Å². The molecular formula is C31H38O2. The van der Waals surface area contributed by atoms with E-state index in [1.807, 2.05) is 0 Å². The Hall–Kier alpha value is -1.80. The van der Waals surface area contributed by atoms with Gasteiger partial charge in [-0.1, -0.05) is 35.9 Å². The third-order valence-electron chi connectivity index (χ3n) is 10.5. The van der Waals surface area contributed by atoms with E-state index >= 15 is 0 Å². The lowest BCUT2D eigenvalue weighted by Gasteiger charge is -2.59. The molecule has 3 atom stereocenters. The second-order valence-corrected chi connectivity index (χ2v) is 12.6. The van der Waals surface area contributed by atoms with E-state index < -0.39 is 5.60 Å². The van der Waals surface area contributed by atoms with E-state index in [0.717, 1.165) is 35.5 Å². The molecule has 6 bridgehead atoms. The van der Waals surface area contributed by atoms with Crippen LogP contribution >= 0.6 is 0 Å². The summed E-state index contributed by atoms with van der Waals surface area (Å²) in [5.41, 5.74) is 4.13. The summed E-state index contributed by atoms with van der Waals surface area (Å²) in [6, 6.07) is 15.7. The van der Waals surface area contributed by atoms with Gasteiger partial charge in [0.25, 0.3) is 0 Å². The molecule has 6 saturated carbocycles. The van der Waals surface area contributed by atoms with Crippen molar-refractivity contribution in [2.24, 2.45) is 35.5 Å². The second-order valence-electron chi connectivity index (χ2n) is 12.6. The first-order valence-corrected chi connectivity index (χ1v) is 13.5. The van der Waals surface area contributed by atoms with Crippen LogP contribution < -0.4 is 4.74 Å². The summed E-state index contributed by atoms with van der Waals surface area (Å²) < 4.78 is 7.14. The molecule has 0 spiro atoms. The van der Waals surface area contributed by atoms with Crippen LogP contribution in [0.25, 0.3) is 0 Å². The maximum Gasteiger partial charge on any atom is 0.137 e. The monoisotopic (exact) mass is 442 g/mol. The summed E-state index contributed by atoms with van der Waals surface area (Å²) in [6.07, 6.45) is 11.3. The topological polar surface area (TPSA) is 29.5 Å². The smallest absolute Gasteiger partial charge is 0.137 e. The van der Waals surface area contributed by atoms with Crippen molar-refractivity contribution in [3.8, 4) is 5.75 Å². The molecule has 174 valence electrons. The van der Waals surface area contributed by atoms with Gasteiger partial charge >= 0.3 is 0 Å². The fourth-order valence-corrected chi connectivity index (χ4v) is 9.35.